The van der Waals surface area contributed by atoms with Gasteiger partial charge in [0.1, 0.15) is 23.8 Å². The number of hydrogen-bond donors (Lipinski definition) is 3. The number of carbonyl (C=O) groups excluding carboxylic acids is 1. The summed E-state index contributed by atoms with van der Waals surface area (Å²) in [5.41, 5.74) is 3.13. The van der Waals surface area contributed by atoms with Gasteiger partial charge in [-0.1, -0.05) is 18.2 Å². The SMILES string of the molecule is Cc1nc2n(n1)CC(NC(=O)NCCC1CN(c3ncnc4[nH]ncc34)c3ccccc31)CC2. The van der Waals surface area contributed by atoms with Gasteiger partial charge < -0.3 is 15.5 Å². The summed E-state index contributed by atoms with van der Waals surface area (Å²) in [5.74, 6) is 2.90. The maximum atomic E-state index is 12.5. The molecule has 34 heavy (non-hydrogen) atoms. The first-order valence-electron chi connectivity index (χ1n) is 11.6. The Hall–Kier alpha value is -4.02. The van der Waals surface area contributed by atoms with Crippen LogP contribution < -0.4 is 15.5 Å². The summed E-state index contributed by atoms with van der Waals surface area (Å²) in [6.07, 6.45) is 5.86. The molecule has 0 bridgehead atoms. The van der Waals surface area contributed by atoms with Crippen LogP contribution in [0.15, 0.2) is 36.8 Å². The van der Waals surface area contributed by atoms with E-state index in [4.69, 9.17) is 0 Å². The highest BCUT2D eigenvalue weighted by molar-refractivity contribution is 5.90. The minimum absolute atomic E-state index is 0.0615. The Labute approximate surface area is 196 Å². The molecule has 0 fully saturated rings. The van der Waals surface area contributed by atoms with Crippen LogP contribution in [0.25, 0.3) is 11.0 Å². The minimum atomic E-state index is -0.135. The highest BCUT2D eigenvalue weighted by atomic mass is 16.2. The zero-order chi connectivity index (χ0) is 23.1. The molecule has 0 saturated heterocycles. The fraction of sp³-hybridized carbons (Fsp3) is 0.391. The van der Waals surface area contributed by atoms with Crippen LogP contribution in [-0.4, -0.2) is 60.1 Å². The lowest BCUT2D eigenvalue weighted by Crippen LogP contribution is -2.46. The Morgan fingerprint density at radius 3 is 3.09 bits per heavy atom. The van der Waals surface area contributed by atoms with E-state index in [1.807, 2.05) is 17.7 Å². The molecule has 2 atom stereocenters. The van der Waals surface area contributed by atoms with Crippen molar-refractivity contribution in [3.05, 3.63) is 54.0 Å². The van der Waals surface area contributed by atoms with E-state index in [0.717, 1.165) is 60.0 Å². The molecule has 2 unspecified atom stereocenters. The number of nitrogens with zero attached hydrogens (tertiary/aromatic N) is 7. The van der Waals surface area contributed by atoms with Crippen LogP contribution in [0.3, 0.4) is 0 Å². The number of amides is 2. The monoisotopic (exact) mass is 458 g/mol. The van der Waals surface area contributed by atoms with Crippen molar-refractivity contribution >= 4 is 28.6 Å². The molecule has 0 radical (unpaired) electrons. The Morgan fingerprint density at radius 2 is 2.15 bits per heavy atom. The highest BCUT2D eigenvalue weighted by Crippen LogP contribution is 2.42. The van der Waals surface area contributed by atoms with Gasteiger partial charge in [-0.05, 0) is 31.4 Å². The number of aryl methyl sites for hydroxylation is 2. The molecule has 3 aromatic heterocycles. The van der Waals surface area contributed by atoms with Gasteiger partial charge in [-0.3, -0.25) is 5.10 Å². The second-order valence-electron chi connectivity index (χ2n) is 8.88. The maximum absolute atomic E-state index is 12.5. The Balaban J connectivity index is 1.08. The largest absolute Gasteiger partial charge is 0.338 e. The van der Waals surface area contributed by atoms with Gasteiger partial charge in [0.2, 0.25) is 0 Å². The molecular weight excluding hydrogens is 432 g/mol. The quantitative estimate of drug-likeness (QED) is 0.418. The zero-order valence-corrected chi connectivity index (χ0v) is 18.9. The first kappa shape index (κ1) is 20.6. The van der Waals surface area contributed by atoms with E-state index in [9.17, 15) is 4.79 Å². The van der Waals surface area contributed by atoms with Gasteiger partial charge >= 0.3 is 6.03 Å². The van der Waals surface area contributed by atoms with E-state index >= 15 is 0 Å². The molecular formula is C23H26N10O. The lowest BCUT2D eigenvalue weighted by atomic mass is 9.98. The average Bonchev–Trinajstić information content (AvgIpc) is 3.55. The predicted molar refractivity (Wildman–Crippen MR) is 126 cm³/mol. The Morgan fingerprint density at radius 1 is 1.24 bits per heavy atom. The van der Waals surface area contributed by atoms with E-state index in [1.54, 1.807) is 12.5 Å². The van der Waals surface area contributed by atoms with Gasteiger partial charge in [-0.15, -0.1) is 0 Å². The topological polar surface area (TPSA) is 130 Å². The number of fused-ring (bicyclic) bond motifs is 3. The van der Waals surface area contributed by atoms with Gasteiger partial charge in [-0.25, -0.2) is 24.4 Å². The molecule has 3 N–H and O–H groups in total. The van der Waals surface area contributed by atoms with Gasteiger partial charge in [0.15, 0.2) is 5.65 Å². The van der Waals surface area contributed by atoms with Crippen LogP contribution in [-0.2, 0) is 13.0 Å². The summed E-state index contributed by atoms with van der Waals surface area (Å²) in [6.45, 7) is 3.93. The Bertz CT molecular complexity index is 1340. The van der Waals surface area contributed by atoms with Gasteiger partial charge in [-0.2, -0.15) is 10.2 Å². The van der Waals surface area contributed by atoms with Crippen molar-refractivity contribution in [3.63, 3.8) is 0 Å². The van der Waals surface area contributed by atoms with Crippen molar-refractivity contribution in [2.24, 2.45) is 0 Å². The number of nitrogens with one attached hydrogen (secondary N) is 3. The third-order valence-corrected chi connectivity index (χ3v) is 6.63. The molecule has 11 nitrogen and oxygen atoms in total. The van der Waals surface area contributed by atoms with E-state index in [2.05, 4.69) is 64.0 Å². The molecule has 0 saturated carbocycles. The number of anilines is 2. The van der Waals surface area contributed by atoms with E-state index < -0.39 is 0 Å². The summed E-state index contributed by atoms with van der Waals surface area (Å²) in [5, 5.41) is 18.5. The minimum Gasteiger partial charge on any atom is -0.338 e. The van der Waals surface area contributed by atoms with E-state index in [1.165, 1.54) is 5.56 Å². The first-order valence-corrected chi connectivity index (χ1v) is 11.6. The van der Waals surface area contributed by atoms with Gasteiger partial charge in [0, 0.05) is 31.1 Å². The second-order valence-corrected chi connectivity index (χ2v) is 8.88. The number of carbonyl (C=O) groups is 1. The van der Waals surface area contributed by atoms with Crippen molar-refractivity contribution in [2.45, 2.75) is 44.7 Å². The molecule has 11 heteroatoms. The first-order chi connectivity index (χ1) is 16.7. The van der Waals surface area contributed by atoms with Crippen molar-refractivity contribution in [3.8, 4) is 0 Å². The van der Waals surface area contributed by atoms with Crippen molar-refractivity contribution in [1.82, 2.24) is 45.6 Å². The normalized spacial score (nSPS) is 19.1. The second kappa shape index (κ2) is 8.40. The highest BCUT2D eigenvalue weighted by Gasteiger charge is 2.31. The number of aromatic amines is 1. The summed E-state index contributed by atoms with van der Waals surface area (Å²) in [7, 11) is 0. The Kier molecular flexibility index (Phi) is 5.08. The lowest BCUT2D eigenvalue weighted by Gasteiger charge is -2.23. The number of benzene rings is 1. The summed E-state index contributed by atoms with van der Waals surface area (Å²) in [4.78, 5) is 28.0. The van der Waals surface area contributed by atoms with Crippen LogP contribution in [0.1, 0.15) is 36.0 Å². The standard InChI is InChI=1S/C23H26N10O/c1-14-28-20-7-6-16(12-33(20)31-14)29-23(34)24-9-8-15-11-32(19-5-3-2-4-17(15)19)22-18-10-27-30-21(18)25-13-26-22/h2-5,10,13,15-16H,6-9,11-12H2,1H3,(H2,24,29,34)(H,25,26,27,30). The number of rotatable bonds is 5. The van der Waals surface area contributed by atoms with E-state index in [0.29, 0.717) is 13.1 Å². The summed E-state index contributed by atoms with van der Waals surface area (Å²) in [6, 6.07) is 8.31. The van der Waals surface area contributed by atoms with Gasteiger partial charge in [0.05, 0.1) is 24.2 Å². The van der Waals surface area contributed by atoms with Crippen molar-refractivity contribution in [1.29, 1.82) is 0 Å². The molecule has 2 aliphatic heterocycles. The number of urea groups is 1. The third kappa shape index (κ3) is 3.72. The summed E-state index contributed by atoms with van der Waals surface area (Å²) < 4.78 is 1.90. The zero-order valence-electron chi connectivity index (χ0n) is 18.9. The molecule has 0 aliphatic carbocycles. The fourth-order valence-electron chi connectivity index (χ4n) is 5.06. The smallest absolute Gasteiger partial charge is 0.315 e. The lowest BCUT2D eigenvalue weighted by molar-refractivity contribution is 0.231. The third-order valence-electron chi connectivity index (χ3n) is 6.63. The molecule has 4 aromatic rings. The van der Waals surface area contributed by atoms with Gasteiger partial charge in [0.25, 0.3) is 0 Å². The number of hydrogen-bond acceptors (Lipinski definition) is 7. The molecule has 1 aromatic carbocycles. The van der Waals surface area contributed by atoms with Crippen LogP contribution in [0.2, 0.25) is 0 Å². The number of H-pyrrole nitrogens is 1. The molecule has 5 heterocycles. The van der Waals surface area contributed by atoms with Crippen LogP contribution in [0.4, 0.5) is 16.3 Å². The molecule has 2 amide bonds. The number of aromatic nitrogens is 7. The molecule has 2 aliphatic rings. The van der Waals surface area contributed by atoms with Crippen LogP contribution >= 0.6 is 0 Å². The molecule has 6 rings (SSSR count). The van der Waals surface area contributed by atoms with Crippen molar-refractivity contribution < 1.29 is 4.79 Å². The molecule has 174 valence electrons. The van der Waals surface area contributed by atoms with Crippen LogP contribution in [0, 0.1) is 6.92 Å². The van der Waals surface area contributed by atoms with Crippen LogP contribution in [0.5, 0.6) is 0 Å². The average molecular weight is 459 g/mol. The van der Waals surface area contributed by atoms with E-state index in [-0.39, 0.29) is 18.0 Å². The number of para-hydroxylation sites is 1. The summed E-state index contributed by atoms with van der Waals surface area (Å²) >= 11 is 0. The fourth-order valence-corrected chi connectivity index (χ4v) is 5.06. The maximum Gasteiger partial charge on any atom is 0.315 e. The predicted octanol–water partition coefficient (Wildman–Crippen LogP) is 2.19. The van der Waals surface area contributed by atoms with Crippen molar-refractivity contribution in [2.75, 3.05) is 18.0 Å². The molecule has 0 spiro atoms.